The van der Waals surface area contributed by atoms with Gasteiger partial charge in [-0.25, -0.2) is 4.39 Å². The molecule has 0 unspecified atom stereocenters. The zero-order chi connectivity index (χ0) is 23.0. The number of anilines is 1. The number of amides is 1. The molecule has 1 aliphatic rings. The van der Waals surface area contributed by atoms with Gasteiger partial charge in [0, 0.05) is 11.1 Å². The van der Waals surface area contributed by atoms with E-state index < -0.39 is 29.3 Å². The van der Waals surface area contributed by atoms with Crippen LogP contribution in [0, 0.1) is 12.7 Å². The van der Waals surface area contributed by atoms with Crippen molar-refractivity contribution in [1.82, 2.24) is 10.2 Å². The molecular weight excluding hydrogens is 433 g/mol. The topological polar surface area (TPSA) is 92.6 Å². The van der Waals surface area contributed by atoms with Gasteiger partial charge in [-0.1, -0.05) is 29.5 Å². The number of hydrogen-bond donors (Lipinski definition) is 1. The van der Waals surface area contributed by atoms with Gasteiger partial charge in [0.15, 0.2) is 0 Å². The molecule has 164 valence electrons. The van der Waals surface area contributed by atoms with E-state index in [-0.39, 0.29) is 22.4 Å². The van der Waals surface area contributed by atoms with Crippen molar-refractivity contribution in [1.29, 1.82) is 0 Å². The van der Waals surface area contributed by atoms with Crippen molar-refractivity contribution >= 4 is 33.9 Å². The highest BCUT2D eigenvalue weighted by Gasteiger charge is 2.49. The van der Waals surface area contributed by atoms with E-state index in [1.165, 1.54) is 18.2 Å². The molecule has 0 radical (unpaired) electrons. The Balaban J connectivity index is 1.87. The van der Waals surface area contributed by atoms with Crippen molar-refractivity contribution in [3.8, 4) is 5.75 Å². The number of rotatable bonds is 5. The summed E-state index contributed by atoms with van der Waals surface area (Å²) in [5, 5.41) is 19.7. The third-order valence-corrected chi connectivity index (χ3v) is 5.70. The quantitative estimate of drug-likeness (QED) is 0.350. The van der Waals surface area contributed by atoms with Crippen LogP contribution in [0.5, 0.6) is 5.75 Å². The number of ketones is 1. The summed E-state index contributed by atoms with van der Waals surface area (Å²) >= 11 is 1.10. The fourth-order valence-corrected chi connectivity index (χ4v) is 4.24. The number of nitrogens with zero attached hydrogens (tertiary/aromatic N) is 3. The summed E-state index contributed by atoms with van der Waals surface area (Å²) in [5.74, 6) is -2.26. The Labute approximate surface area is 187 Å². The summed E-state index contributed by atoms with van der Waals surface area (Å²) in [6.45, 7) is 5.48. The zero-order valence-electron chi connectivity index (χ0n) is 17.6. The molecule has 1 amide bonds. The number of halogens is 1. The number of Topliss-reactive ketones (excluding diaryl/α,β-unsaturated/α-hetero) is 1. The lowest BCUT2D eigenvalue weighted by Gasteiger charge is -2.22. The predicted octanol–water partition coefficient (Wildman–Crippen LogP) is 4.40. The van der Waals surface area contributed by atoms with Gasteiger partial charge in [0.2, 0.25) is 5.13 Å². The zero-order valence-corrected chi connectivity index (χ0v) is 18.4. The smallest absolute Gasteiger partial charge is 0.301 e. The van der Waals surface area contributed by atoms with Gasteiger partial charge >= 0.3 is 5.91 Å². The molecule has 1 saturated heterocycles. The Hall–Kier alpha value is -3.59. The van der Waals surface area contributed by atoms with Crippen LogP contribution in [-0.2, 0) is 9.59 Å². The molecule has 1 N–H and O–H groups in total. The Bertz CT molecular complexity index is 1220. The molecule has 7 nitrogen and oxygen atoms in total. The van der Waals surface area contributed by atoms with Crippen LogP contribution in [0.15, 0.2) is 54.1 Å². The second-order valence-electron chi connectivity index (χ2n) is 7.49. The third-order valence-electron chi connectivity index (χ3n) is 4.87. The molecule has 0 spiro atoms. The van der Waals surface area contributed by atoms with Gasteiger partial charge in [0.1, 0.15) is 28.4 Å². The van der Waals surface area contributed by atoms with E-state index in [4.69, 9.17) is 4.74 Å². The number of ether oxygens (including phenoxy) is 1. The minimum Gasteiger partial charge on any atom is -0.507 e. The molecule has 1 aromatic heterocycles. The van der Waals surface area contributed by atoms with Gasteiger partial charge in [0.05, 0.1) is 11.7 Å². The number of aromatic nitrogens is 2. The van der Waals surface area contributed by atoms with Gasteiger partial charge in [-0.05, 0) is 51.1 Å². The summed E-state index contributed by atoms with van der Waals surface area (Å²) in [6, 6.07) is 11.1. The van der Waals surface area contributed by atoms with E-state index in [1.807, 2.05) is 13.8 Å². The summed E-state index contributed by atoms with van der Waals surface area (Å²) in [7, 11) is 0. The van der Waals surface area contributed by atoms with Gasteiger partial charge in [-0.15, -0.1) is 10.2 Å². The van der Waals surface area contributed by atoms with E-state index in [2.05, 4.69) is 10.2 Å². The van der Waals surface area contributed by atoms with Crippen LogP contribution in [-0.4, -0.2) is 33.1 Å². The van der Waals surface area contributed by atoms with Crippen molar-refractivity contribution < 1.29 is 23.8 Å². The number of benzene rings is 2. The second-order valence-corrected chi connectivity index (χ2v) is 8.65. The first-order valence-electron chi connectivity index (χ1n) is 9.90. The molecule has 1 atom stereocenters. The summed E-state index contributed by atoms with van der Waals surface area (Å²) in [6.07, 6.45) is -0.0313. The summed E-state index contributed by atoms with van der Waals surface area (Å²) in [4.78, 5) is 27.1. The van der Waals surface area contributed by atoms with Gasteiger partial charge in [-0.2, -0.15) is 0 Å². The standard InChI is InChI=1S/C23H20FN3O4S/c1-12(2)31-15-10-8-14(9-11-15)20(28)18-19(16-6-4-5-7-17(16)24)27(22(30)21(18)29)23-26-25-13(3)32-23/h4-12,19,28H,1-3H3/b20-18+/t19-/m1/s1. The Morgan fingerprint density at radius 2 is 1.81 bits per heavy atom. The van der Waals surface area contributed by atoms with Crippen molar-refractivity contribution in [2.45, 2.75) is 32.9 Å². The average molecular weight is 453 g/mol. The maximum absolute atomic E-state index is 14.8. The number of aliphatic hydroxyl groups is 1. The van der Waals surface area contributed by atoms with Gasteiger partial charge in [-0.3, -0.25) is 14.5 Å². The monoisotopic (exact) mass is 453 g/mol. The number of hydrogen-bond acceptors (Lipinski definition) is 7. The van der Waals surface area contributed by atoms with E-state index in [0.717, 1.165) is 16.2 Å². The summed E-state index contributed by atoms with van der Waals surface area (Å²) in [5.41, 5.74) is 0.153. The summed E-state index contributed by atoms with van der Waals surface area (Å²) < 4.78 is 20.4. The van der Waals surface area contributed by atoms with E-state index in [9.17, 15) is 19.1 Å². The highest BCUT2D eigenvalue weighted by atomic mass is 32.1. The fraction of sp³-hybridized carbons (Fsp3) is 0.217. The van der Waals surface area contributed by atoms with Crippen LogP contribution in [0.25, 0.3) is 5.76 Å². The first kappa shape index (κ1) is 21.6. The molecule has 3 aromatic rings. The molecule has 0 aliphatic carbocycles. The molecule has 4 rings (SSSR count). The largest absolute Gasteiger partial charge is 0.507 e. The molecule has 1 aliphatic heterocycles. The van der Waals surface area contributed by atoms with E-state index >= 15 is 0 Å². The minimum absolute atomic E-state index is 0.0313. The lowest BCUT2D eigenvalue weighted by molar-refractivity contribution is -0.132. The Morgan fingerprint density at radius 1 is 1.12 bits per heavy atom. The Morgan fingerprint density at radius 3 is 2.41 bits per heavy atom. The molecule has 1 fully saturated rings. The molecule has 2 heterocycles. The molecule has 2 aromatic carbocycles. The minimum atomic E-state index is -1.19. The highest BCUT2D eigenvalue weighted by Crippen LogP contribution is 2.43. The van der Waals surface area contributed by atoms with Crippen molar-refractivity contribution in [2.24, 2.45) is 0 Å². The van der Waals surface area contributed by atoms with Gasteiger partial charge < -0.3 is 9.84 Å². The van der Waals surface area contributed by atoms with Crippen LogP contribution in [0.1, 0.15) is 36.0 Å². The number of aryl methyl sites for hydroxylation is 1. The van der Waals surface area contributed by atoms with Crippen molar-refractivity contribution in [2.75, 3.05) is 4.90 Å². The first-order chi connectivity index (χ1) is 15.3. The SMILES string of the molecule is Cc1nnc(N2C(=O)C(=O)/C(=C(/O)c3ccc(OC(C)C)cc3)[C@H]2c2ccccc2F)s1. The van der Waals surface area contributed by atoms with Gasteiger partial charge in [0.25, 0.3) is 5.78 Å². The molecule has 32 heavy (non-hydrogen) atoms. The van der Waals surface area contributed by atoms with Crippen molar-refractivity contribution in [3.63, 3.8) is 0 Å². The van der Waals surface area contributed by atoms with E-state index in [1.54, 1.807) is 37.3 Å². The number of aliphatic hydroxyl groups excluding tert-OH is 1. The number of carbonyl (C=O) groups excluding carboxylic acids is 2. The molecule has 0 bridgehead atoms. The van der Waals surface area contributed by atoms with Crippen LogP contribution < -0.4 is 9.64 Å². The Kier molecular flexibility index (Phi) is 5.75. The molecular formula is C23H20FN3O4S. The van der Waals surface area contributed by atoms with Crippen molar-refractivity contribution in [3.05, 3.63) is 76.1 Å². The lowest BCUT2D eigenvalue weighted by Crippen LogP contribution is -2.29. The fourth-order valence-electron chi connectivity index (χ4n) is 3.52. The molecule has 9 heteroatoms. The second kappa shape index (κ2) is 8.51. The maximum atomic E-state index is 14.8. The van der Waals surface area contributed by atoms with Crippen LogP contribution in [0.2, 0.25) is 0 Å². The normalized spacial score (nSPS) is 17.9. The number of carbonyl (C=O) groups is 2. The lowest BCUT2D eigenvalue weighted by atomic mass is 9.95. The maximum Gasteiger partial charge on any atom is 0.301 e. The predicted molar refractivity (Wildman–Crippen MR) is 118 cm³/mol. The third kappa shape index (κ3) is 3.87. The first-order valence-corrected chi connectivity index (χ1v) is 10.7. The van der Waals surface area contributed by atoms with Crippen LogP contribution in [0.4, 0.5) is 9.52 Å². The highest BCUT2D eigenvalue weighted by molar-refractivity contribution is 7.15. The van der Waals surface area contributed by atoms with Crippen LogP contribution >= 0.6 is 11.3 Å². The van der Waals surface area contributed by atoms with Crippen LogP contribution in [0.3, 0.4) is 0 Å². The average Bonchev–Trinajstić information content (AvgIpc) is 3.29. The molecule has 0 saturated carbocycles. The van der Waals surface area contributed by atoms with E-state index in [0.29, 0.717) is 16.3 Å².